The zero-order valence-corrected chi connectivity index (χ0v) is 20.5. The van der Waals surface area contributed by atoms with E-state index < -0.39 is 0 Å². The van der Waals surface area contributed by atoms with Gasteiger partial charge in [-0.1, -0.05) is 23.9 Å². The highest BCUT2D eigenvalue weighted by Crippen LogP contribution is 2.27. The Morgan fingerprint density at radius 3 is 2.55 bits per heavy atom. The van der Waals surface area contributed by atoms with E-state index in [1.165, 1.54) is 23.9 Å². The molecule has 0 radical (unpaired) electrons. The molecule has 0 N–H and O–H groups in total. The molecule has 1 amide bonds. The van der Waals surface area contributed by atoms with E-state index in [1.807, 2.05) is 54.8 Å². The zero-order valence-electron chi connectivity index (χ0n) is 18.9. The topological polar surface area (TPSA) is 67.2 Å². The van der Waals surface area contributed by atoms with Crippen molar-refractivity contribution < 1.29 is 9.18 Å². The predicted octanol–water partition coefficient (Wildman–Crippen LogP) is 4.39. The molecule has 33 heavy (non-hydrogen) atoms. The summed E-state index contributed by atoms with van der Waals surface area (Å²) in [7, 11) is 5.70. The van der Waals surface area contributed by atoms with E-state index in [1.54, 1.807) is 35.4 Å². The molecule has 0 bridgehead atoms. The summed E-state index contributed by atoms with van der Waals surface area (Å²) < 4.78 is 16.5. The van der Waals surface area contributed by atoms with Gasteiger partial charge in [0.15, 0.2) is 11.0 Å². The number of para-hydroxylation sites is 1. The number of hydrogen-bond acceptors (Lipinski definition) is 7. The van der Waals surface area contributed by atoms with Gasteiger partial charge >= 0.3 is 0 Å². The van der Waals surface area contributed by atoms with Gasteiger partial charge in [-0.2, -0.15) is 0 Å². The van der Waals surface area contributed by atoms with Gasteiger partial charge in [0, 0.05) is 12.7 Å². The first-order chi connectivity index (χ1) is 15.8. The number of thiazole rings is 1. The molecule has 0 fully saturated rings. The van der Waals surface area contributed by atoms with Crippen LogP contribution in [0.3, 0.4) is 0 Å². The standard InChI is InChI=1S/C23H25FN6OS2/c1-15(28(2)3)22-26-27-23(30(22)17-11-9-16(24)10-12-17)32-14-21(31)29(4)13-20-25-18-7-5-6-8-19(18)33-20/h5-12,15H,13-14H2,1-4H3/t15-/m1/s1. The van der Waals surface area contributed by atoms with Crippen molar-refractivity contribution in [3.63, 3.8) is 0 Å². The minimum absolute atomic E-state index is 0.0192. The average molecular weight is 485 g/mol. The second-order valence-corrected chi connectivity index (χ2v) is 9.96. The Morgan fingerprint density at radius 2 is 1.85 bits per heavy atom. The van der Waals surface area contributed by atoms with Crippen molar-refractivity contribution in [1.29, 1.82) is 0 Å². The number of nitrogens with zero attached hydrogens (tertiary/aromatic N) is 6. The van der Waals surface area contributed by atoms with Gasteiger partial charge in [-0.3, -0.25) is 14.3 Å². The number of hydrogen-bond donors (Lipinski definition) is 0. The molecule has 4 aromatic rings. The number of carbonyl (C=O) groups is 1. The van der Waals surface area contributed by atoms with Crippen molar-refractivity contribution >= 4 is 39.2 Å². The minimum Gasteiger partial charge on any atom is -0.338 e. The highest BCUT2D eigenvalue weighted by atomic mass is 32.2. The van der Waals surface area contributed by atoms with Crippen LogP contribution in [-0.2, 0) is 11.3 Å². The fourth-order valence-electron chi connectivity index (χ4n) is 3.22. The third-order valence-corrected chi connectivity index (χ3v) is 7.29. The van der Waals surface area contributed by atoms with E-state index in [-0.39, 0.29) is 23.5 Å². The normalized spacial score (nSPS) is 12.4. The second-order valence-electron chi connectivity index (χ2n) is 7.91. The van der Waals surface area contributed by atoms with Gasteiger partial charge in [-0.25, -0.2) is 9.37 Å². The van der Waals surface area contributed by atoms with Crippen LogP contribution in [0.2, 0.25) is 0 Å². The Balaban J connectivity index is 1.49. The Hall–Kier alpha value is -2.82. The van der Waals surface area contributed by atoms with Gasteiger partial charge in [0.2, 0.25) is 5.91 Å². The number of amides is 1. The summed E-state index contributed by atoms with van der Waals surface area (Å²) in [5.41, 5.74) is 1.70. The van der Waals surface area contributed by atoms with Crippen LogP contribution in [0, 0.1) is 5.82 Å². The summed E-state index contributed by atoms with van der Waals surface area (Å²) in [5, 5.41) is 10.2. The van der Waals surface area contributed by atoms with Crippen LogP contribution in [0.4, 0.5) is 4.39 Å². The molecule has 7 nitrogen and oxygen atoms in total. The SMILES string of the molecule is C[C@H](c1nnc(SCC(=O)N(C)Cc2nc3ccccc3s2)n1-c1ccc(F)cc1)N(C)C. The fraction of sp³-hybridized carbons (Fsp3) is 0.304. The van der Waals surface area contributed by atoms with E-state index >= 15 is 0 Å². The molecule has 0 saturated carbocycles. The maximum absolute atomic E-state index is 13.5. The van der Waals surface area contributed by atoms with Crippen molar-refractivity contribution in [2.75, 3.05) is 26.9 Å². The zero-order chi connectivity index (χ0) is 23.5. The van der Waals surface area contributed by atoms with Crippen LogP contribution in [0.5, 0.6) is 0 Å². The minimum atomic E-state index is -0.310. The third-order valence-electron chi connectivity index (χ3n) is 5.35. The molecule has 10 heteroatoms. The van der Waals surface area contributed by atoms with Crippen molar-refractivity contribution in [3.05, 3.63) is 65.2 Å². The van der Waals surface area contributed by atoms with Crippen molar-refractivity contribution in [1.82, 2.24) is 29.5 Å². The lowest BCUT2D eigenvalue weighted by molar-refractivity contribution is -0.127. The number of benzene rings is 2. The number of rotatable bonds is 8. The van der Waals surface area contributed by atoms with Gasteiger partial charge in [0.25, 0.3) is 0 Å². The van der Waals surface area contributed by atoms with Crippen LogP contribution in [0.15, 0.2) is 53.7 Å². The molecule has 4 rings (SSSR count). The highest BCUT2D eigenvalue weighted by Gasteiger charge is 2.22. The van der Waals surface area contributed by atoms with Crippen LogP contribution in [-0.4, -0.2) is 62.4 Å². The average Bonchev–Trinajstić information content (AvgIpc) is 3.40. The maximum atomic E-state index is 13.5. The lowest BCUT2D eigenvalue weighted by atomic mass is 10.2. The number of halogens is 1. The molecular formula is C23H25FN6OS2. The Morgan fingerprint density at radius 1 is 1.12 bits per heavy atom. The third kappa shape index (κ3) is 5.23. The Bertz CT molecular complexity index is 1220. The fourth-order valence-corrected chi connectivity index (χ4v) is 5.14. The first-order valence-corrected chi connectivity index (χ1v) is 12.2. The van der Waals surface area contributed by atoms with E-state index in [0.717, 1.165) is 26.7 Å². The number of aromatic nitrogens is 4. The van der Waals surface area contributed by atoms with E-state index in [9.17, 15) is 9.18 Å². The molecular weight excluding hydrogens is 459 g/mol. The molecule has 0 aliphatic heterocycles. The van der Waals surface area contributed by atoms with E-state index in [0.29, 0.717) is 11.7 Å². The van der Waals surface area contributed by atoms with Crippen LogP contribution < -0.4 is 0 Å². The molecule has 0 aliphatic carbocycles. The van der Waals surface area contributed by atoms with Gasteiger partial charge in [0.1, 0.15) is 10.8 Å². The number of carbonyl (C=O) groups excluding carboxylic acids is 1. The van der Waals surface area contributed by atoms with Gasteiger partial charge < -0.3 is 4.90 Å². The summed E-state index contributed by atoms with van der Waals surface area (Å²) in [4.78, 5) is 21.2. The van der Waals surface area contributed by atoms with Crippen LogP contribution in [0.25, 0.3) is 15.9 Å². The van der Waals surface area contributed by atoms with E-state index in [4.69, 9.17) is 0 Å². The molecule has 0 unspecified atom stereocenters. The quantitative estimate of drug-likeness (QED) is 0.346. The van der Waals surface area contributed by atoms with Crippen molar-refractivity contribution in [2.45, 2.75) is 24.7 Å². The molecule has 0 spiro atoms. The van der Waals surface area contributed by atoms with Crippen LogP contribution in [0.1, 0.15) is 23.8 Å². The lowest BCUT2D eigenvalue weighted by Crippen LogP contribution is -2.27. The molecule has 172 valence electrons. The van der Waals surface area contributed by atoms with E-state index in [2.05, 4.69) is 15.2 Å². The largest absolute Gasteiger partial charge is 0.338 e. The summed E-state index contributed by atoms with van der Waals surface area (Å²) >= 11 is 2.91. The van der Waals surface area contributed by atoms with Gasteiger partial charge in [-0.05, 0) is 57.4 Å². The molecule has 2 aromatic carbocycles. The summed E-state index contributed by atoms with van der Waals surface area (Å²) in [5.74, 6) is 0.589. The monoisotopic (exact) mass is 484 g/mol. The molecule has 2 aromatic heterocycles. The van der Waals surface area contributed by atoms with Gasteiger partial charge in [-0.15, -0.1) is 21.5 Å². The predicted molar refractivity (Wildman–Crippen MR) is 130 cm³/mol. The summed E-state index contributed by atoms with van der Waals surface area (Å²) in [6, 6.07) is 14.1. The Kier molecular flexibility index (Phi) is 7.06. The second kappa shape index (κ2) is 9.98. The first kappa shape index (κ1) is 23.3. The van der Waals surface area contributed by atoms with Gasteiger partial charge in [0.05, 0.1) is 28.6 Å². The van der Waals surface area contributed by atoms with Crippen molar-refractivity contribution in [3.8, 4) is 5.69 Å². The number of thioether (sulfide) groups is 1. The van der Waals surface area contributed by atoms with Crippen molar-refractivity contribution in [2.24, 2.45) is 0 Å². The van der Waals surface area contributed by atoms with Crippen LogP contribution >= 0.6 is 23.1 Å². The maximum Gasteiger partial charge on any atom is 0.233 e. The molecule has 1 atom stereocenters. The molecule has 2 heterocycles. The molecule has 0 aliphatic rings. The first-order valence-electron chi connectivity index (χ1n) is 10.4. The Labute approximate surface area is 200 Å². The smallest absolute Gasteiger partial charge is 0.233 e. The lowest BCUT2D eigenvalue weighted by Gasteiger charge is -2.20. The summed E-state index contributed by atoms with van der Waals surface area (Å²) in [6.07, 6.45) is 0. The highest BCUT2D eigenvalue weighted by molar-refractivity contribution is 7.99. The molecule has 0 saturated heterocycles. The number of fused-ring (bicyclic) bond motifs is 1. The summed E-state index contributed by atoms with van der Waals surface area (Å²) in [6.45, 7) is 2.47.